The lowest BCUT2D eigenvalue weighted by Crippen LogP contribution is -2.36. The maximum absolute atomic E-state index is 12.7. The Labute approximate surface area is 168 Å². The second kappa shape index (κ2) is 9.01. The highest BCUT2D eigenvalue weighted by atomic mass is 16.5. The summed E-state index contributed by atoms with van der Waals surface area (Å²) in [6.45, 7) is 1.81. The Bertz CT molecular complexity index is 1050. The molecule has 8 heteroatoms. The van der Waals surface area contributed by atoms with E-state index in [0.717, 1.165) is 10.2 Å². The highest BCUT2D eigenvalue weighted by Gasteiger charge is 2.22. The van der Waals surface area contributed by atoms with Gasteiger partial charge in [0.1, 0.15) is 17.5 Å². The van der Waals surface area contributed by atoms with Gasteiger partial charge in [-0.05, 0) is 42.8 Å². The zero-order valence-electron chi connectivity index (χ0n) is 16.5. The molecule has 1 aromatic heterocycles. The minimum absolute atomic E-state index is 0.352. The summed E-state index contributed by atoms with van der Waals surface area (Å²) >= 11 is 0. The van der Waals surface area contributed by atoms with Gasteiger partial charge in [0, 0.05) is 17.3 Å². The lowest BCUT2D eigenvalue weighted by molar-refractivity contribution is -0.119. The smallest absolute Gasteiger partial charge is 0.365 e. The fraction of sp³-hybridized carbons (Fsp3) is 0.238. The summed E-state index contributed by atoms with van der Waals surface area (Å²) in [5.41, 5.74) is 1.14. The largest absolute Gasteiger partial charge is 0.497 e. The molecule has 0 aliphatic heterocycles. The van der Waals surface area contributed by atoms with Crippen LogP contribution in [0.2, 0.25) is 0 Å². The Hall–Kier alpha value is -3.68. The van der Waals surface area contributed by atoms with Crippen molar-refractivity contribution in [2.24, 2.45) is 0 Å². The van der Waals surface area contributed by atoms with Gasteiger partial charge >= 0.3 is 5.69 Å². The van der Waals surface area contributed by atoms with Gasteiger partial charge in [-0.3, -0.25) is 4.79 Å². The van der Waals surface area contributed by atoms with E-state index in [-0.39, 0.29) is 5.91 Å². The van der Waals surface area contributed by atoms with Crippen molar-refractivity contribution in [2.75, 3.05) is 19.5 Å². The van der Waals surface area contributed by atoms with Gasteiger partial charge in [-0.2, -0.15) is 10.1 Å². The Balaban J connectivity index is 1.83. The van der Waals surface area contributed by atoms with E-state index in [2.05, 4.69) is 15.4 Å². The Morgan fingerprint density at radius 2 is 1.83 bits per heavy atom. The monoisotopic (exact) mass is 394 g/mol. The molecule has 0 saturated carbocycles. The van der Waals surface area contributed by atoms with E-state index >= 15 is 0 Å². The van der Waals surface area contributed by atoms with Crippen LogP contribution in [0.15, 0.2) is 59.5 Å². The van der Waals surface area contributed by atoms with E-state index in [9.17, 15) is 9.59 Å². The molecule has 2 aromatic carbocycles. The van der Waals surface area contributed by atoms with E-state index in [1.54, 1.807) is 69.7 Å². The molecule has 1 amide bonds. The summed E-state index contributed by atoms with van der Waals surface area (Å²) in [7, 11) is 3.13. The first-order valence-corrected chi connectivity index (χ1v) is 9.11. The standard InChI is InChI=1S/C21H22N4O4/c1-4-19(20(26)23-15-6-5-7-17(12-15)29-3)25-21(27)24-18(13-22-25)14-8-10-16(28-2)11-9-14/h5-13,19H,4H2,1-3H3,(H,23,26)/t19-/m1/s1. The molecule has 0 bridgehead atoms. The molecule has 150 valence electrons. The number of nitrogens with zero attached hydrogens (tertiary/aromatic N) is 3. The zero-order valence-corrected chi connectivity index (χ0v) is 16.5. The molecular formula is C21H22N4O4. The van der Waals surface area contributed by atoms with Crippen molar-refractivity contribution in [3.05, 3.63) is 65.2 Å². The minimum Gasteiger partial charge on any atom is -0.497 e. The lowest BCUT2D eigenvalue weighted by Gasteiger charge is -2.16. The van der Waals surface area contributed by atoms with Crippen molar-refractivity contribution < 1.29 is 14.3 Å². The fourth-order valence-corrected chi connectivity index (χ4v) is 2.86. The molecule has 1 N–H and O–H groups in total. The number of amides is 1. The van der Waals surface area contributed by atoms with Crippen LogP contribution in [0.1, 0.15) is 19.4 Å². The highest BCUT2D eigenvalue weighted by molar-refractivity contribution is 5.93. The molecular weight excluding hydrogens is 372 g/mol. The van der Waals surface area contributed by atoms with E-state index in [4.69, 9.17) is 9.47 Å². The van der Waals surface area contributed by atoms with Crippen molar-refractivity contribution in [1.82, 2.24) is 14.8 Å². The molecule has 0 radical (unpaired) electrons. The third-order valence-electron chi connectivity index (χ3n) is 4.42. The summed E-state index contributed by atoms with van der Waals surface area (Å²) in [6, 6.07) is 13.3. The first-order valence-electron chi connectivity index (χ1n) is 9.11. The van der Waals surface area contributed by atoms with Crippen LogP contribution in [0, 0.1) is 0 Å². The SMILES string of the molecule is CC[C@H](C(=O)Nc1cccc(OC)c1)n1ncc(-c2ccc(OC)cc2)nc1=O. The molecule has 29 heavy (non-hydrogen) atoms. The van der Waals surface area contributed by atoms with Gasteiger partial charge in [0.25, 0.3) is 0 Å². The Morgan fingerprint density at radius 3 is 2.45 bits per heavy atom. The number of anilines is 1. The van der Waals surface area contributed by atoms with Gasteiger partial charge in [-0.1, -0.05) is 13.0 Å². The zero-order chi connectivity index (χ0) is 20.8. The summed E-state index contributed by atoms with van der Waals surface area (Å²) < 4.78 is 11.4. The summed E-state index contributed by atoms with van der Waals surface area (Å²) in [5, 5.41) is 6.98. The number of hydrogen-bond acceptors (Lipinski definition) is 6. The molecule has 1 atom stereocenters. The molecule has 0 aliphatic rings. The molecule has 0 saturated heterocycles. The van der Waals surface area contributed by atoms with Crippen LogP contribution >= 0.6 is 0 Å². The van der Waals surface area contributed by atoms with Gasteiger partial charge in [0.05, 0.1) is 26.1 Å². The quantitative estimate of drug-likeness (QED) is 0.662. The van der Waals surface area contributed by atoms with Crippen molar-refractivity contribution >= 4 is 11.6 Å². The molecule has 0 unspecified atom stereocenters. The summed E-state index contributed by atoms with van der Waals surface area (Å²) in [5.74, 6) is 0.973. The molecule has 0 spiro atoms. The fourth-order valence-electron chi connectivity index (χ4n) is 2.86. The molecule has 8 nitrogen and oxygen atoms in total. The van der Waals surface area contributed by atoms with E-state index in [1.807, 2.05) is 0 Å². The lowest BCUT2D eigenvalue weighted by atomic mass is 10.1. The van der Waals surface area contributed by atoms with Crippen molar-refractivity contribution in [3.8, 4) is 22.8 Å². The molecule has 0 fully saturated rings. The third-order valence-corrected chi connectivity index (χ3v) is 4.42. The number of aromatic nitrogens is 3. The second-order valence-corrected chi connectivity index (χ2v) is 6.24. The predicted molar refractivity (Wildman–Crippen MR) is 109 cm³/mol. The normalized spacial score (nSPS) is 11.6. The van der Waals surface area contributed by atoms with E-state index < -0.39 is 11.7 Å². The number of ether oxygens (including phenoxy) is 2. The average Bonchev–Trinajstić information content (AvgIpc) is 2.75. The number of carbonyl (C=O) groups is 1. The maximum atomic E-state index is 12.7. The second-order valence-electron chi connectivity index (χ2n) is 6.24. The molecule has 3 aromatic rings. The average molecular weight is 394 g/mol. The first kappa shape index (κ1) is 20.1. The first-order chi connectivity index (χ1) is 14.0. The molecule has 1 heterocycles. The summed E-state index contributed by atoms with van der Waals surface area (Å²) in [4.78, 5) is 29.4. The molecule has 0 aliphatic carbocycles. The topological polar surface area (TPSA) is 95.3 Å². The van der Waals surface area contributed by atoms with Crippen molar-refractivity contribution in [1.29, 1.82) is 0 Å². The van der Waals surface area contributed by atoms with Gasteiger partial charge in [0.2, 0.25) is 5.91 Å². The summed E-state index contributed by atoms with van der Waals surface area (Å²) in [6.07, 6.45) is 1.86. The van der Waals surface area contributed by atoms with Crippen LogP contribution in [0.5, 0.6) is 11.5 Å². The van der Waals surface area contributed by atoms with Crippen LogP contribution in [0.25, 0.3) is 11.3 Å². The number of carbonyl (C=O) groups excluding carboxylic acids is 1. The Kier molecular flexibility index (Phi) is 6.23. The van der Waals surface area contributed by atoms with Crippen LogP contribution in [-0.4, -0.2) is 34.9 Å². The number of hydrogen-bond donors (Lipinski definition) is 1. The van der Waals surface area contributed by atoms with Gasteiger partial charge in [-0.15, -0.1) is 0 Å². The maximum Gasteiger partial charge on any atom is 0.365 e. The third kappa shape index (κ3) is 4.60. The van der Waals surface area contributed by atoms with Crippen LogP contribution in [-0.2, 0) is 4.79 Å². The van der Waals surface area contributed by atoms with Crippen LogP contribution in [0.3, 0.4) is 0 Å². The minimum atomic E-state index is -0.786. The van der Waals surface area contributed by atoms with Gasteiger partial charge < -0.3 is 14.8 Å². The number of rotatable bonds is 7. The van der Waals surface area contributed by atoms with Crippen molar-refractivity contribution in [3.63, 3.8) is 0 Å². The molecule has 3 rings (SSSR count). The number of nitrogens with one attached hydrogen (secondary N) is 1. The van der Waals surface area contributed by atoms with Gasteiger partial charge in [-0.25, -0.2) is 9.48 Å². The van der Waals surface area contributed by atoms with Crippen molar-refractivity contribution in [2.45, 2.75) is 19.4 Å². The highest BCUT2D eigenvalue weighted by Crippen LogP contribution is 2.21. The van der Waals surface area contributed by atoms with Gasteiger partial charge in [0.15, 0.2) is 0 Å². The Morgan fingerprint density at radius 1 is 1.10 bits per heavy atom. The predicted octanol–water partition coefficient (Wildman–Crippen LogP) is 2.91. The van der Waals surface area contributed by atoms with E-state index in [1.165, 1.54) is 6.20 Å². The van der Waals surface area contributed by atoms with Crippen LogP contribution < -0.4 is 20.5 Å². The van der Waals surface area contributed by atoms with E-state index in [0.29, 0.717) is 29.3 Å². The number of benzene rings is 2. The number of methoxy groups -OCH3 is 2. The van der Waals surface area contributed by atoms with Crippen LogP contribution in [0.4, 0.5) is 5.69 Å².